The molecular weight excluding hydrogens is 468 g/mol. The molecule has 1 unspecified atom stereocenters. The Bertz CT molecular complexity index is 1170. The molecule has 0 bridgehead atoms. The highest BCUT2D eigenvalue weighted by Gasteiger charge is 2.25. The van der Waals surface area contributed by atoms with Crippen molar-refractivity contribution in [2.45, 2.75) is 19.6 Å². The Morgan fingerprint density at radius 2 is 1.94 bits per heavy atom. The second kappa shape index (κ2) is 10.4. The van der Waals surface area contributed by atoms with E-state index in [2.05, 4.69) is 20.9 Å². The molecule has 0 spiro atoms. The molecule has 5 rings (SSSR count). The van der Waals surface area contributed by atoms with Crippen LogP contribution in [0, 0.1) is 0 Å². The molecule has 35 heavy (non-hydrogen) atoms. The van der Waals surface area contributed by atoms with Crippen molar-refractivity contribution < 1.29 is 19.4 Å². The highest BCUT2D eigenvalue weighted by Crippen LogP contribution is 2.35. The predicted molar refractivity (Wildman–Crippen MR) is 134 cm³/mol. The van der Waals surface area contributed by atoms with Gasteiger partial charge < -0.3 is 24.4 Å². The highest BCUT2D eigenvalue weighted by atomic mass is 32.1. The maximum absolute atomic E-state index is 12.1. The Morgan fingerprint density at radius 3 is 2.60 bits per heavy atom. The number of hydrogen-bond acceptors (Lipinski definition) is 10. The lowest BCUT2D eigenvalue weighted by atomic mass is 10.2. The Morgan fingerprint density at radius 1 is 1.17 bits per heavy atom. The van der Waals surface area contributed by atoms with Gasteiger partial charge in [0.05, 0.1) is 30.5 Å². The Kier molecular flexibility index (Phi) is 7.09. The Hall–Kier alpha value is -2.86. The second-order valence-electron chi connectivity index (χ2n) is 8.76. The van der Waals surface area contributed by atoms with Crippen LogP contribution in [0.25, 0.3) is 21.6 Å². The minimum atomic E-state index is -0.948. The van der Waals surface area contributed by atoms with E-state index in [1.807, 2.05) is 12.1 Å². The molecule has 1 N–H and O–H groups in total. The van der Waals surface area contributed by atoms with Crippen LogP contribution in [0.2, 0.25) is 0 Å². The third kappa shape index (κ3) is 5.22. The molecule has 2 aliphatic heterocycles. The number of methoxy groups -OCH3 is 1. The van der Waals surface area contributed by atoms with Crippen LogP contribution in [0.4, 0.5) is 5.82 Å². The number of aliphatic hydroxyl groups excluding tert-OH is 1. The first kappa shape index (κ1) is 23.9. The molecule has 2 aliphatic rings. The summed E-state index contributed by atoms with van der Waals surface area (Å²) in [5.74, 6) is 1.94. The number of ether oxygens (including phenoxy) is 2. The number of morpholine rings is 1. The molecule has 0 saturated carbocycles. The molecule has 0 aromatic carbocycles. The zero-order valence-corrected chi connectivity index (χ0v) is 20.8. The molecule has 0 aliphatic carbocycles. The van der Waals surface area contributed by atoms with Crippen LogP contribution in [-0.2, 0) is 16.1 Å². The fraction of sp³-hybridized carbons (Fsp3) is 0.500. The SMILES string of the molecule is COc1ccc(-c2nc(N3CCOCC3)c3sc(CN4CCN(C(=O)C(C)O)CC4)cc3n2)cn1. The third-order valence-electron chi connectivity index (χ3n) is 6.34. The molecule has 5 heterocycles. The van der Waals surface area contributed by atoms with E-state index in [9.17, 15) is 9.90 Å². The van der Waals surface area contributed by atoms with Gasteiger partial charge in [0.25, 0.3) is 5.91 Å². The van der Waals surface area contributed by atoms with Crippen molar-refractivity contribution in [3.05, 3.63) is 29.3 Å². The minimum Gasteiger partial charge on any atom is -0.481 e. The van der Waals surface area contributed by atoms with E-state index >= 15 is 0 Å². The van der Waals surface area contributed by atoms with E-state index in [1.54, 1.807) is 29.5 Å². The molecule has 10 nitrogen and oxygen atoms in total. The molecule has 11 heteroatoms. The number of rotatable bonds is 6. The largest absolute Gasteiger partial charge is 0.481 e. The van der Waals surface area contributed by atoms with Crippen molar-refractivity contribution in [3.63, 3.8) is 0 Å². The van der Waals surface area contributed by atoms with Gasteiger partial charge in [-0.15, -0.1) is 11.3 Å². The summed E-state index contributed by atoms with van der Waals surface area (Å²) < 4.78 is 11.8. The Balaban J connectivity index is 1.41. The summed E-state index contributed by atoms with van der Waals surface area (Å²) in [4.78, 5) is 33.8. The second-order valence-corrected chi connectivity index (χ2v) is 9.90. The first-order valence-corrected chi connectivity index (χ1v) is 12.7. The lowest BCUT2D eigenvalue weighted by Crippen LogP contribution is -2.50. The van der Waals surface area contributed by atoms with Crippen molar-refractivity contribution in [2.24, 2.45) is 0 Å². The molecular formula is C24H30N6O4S. The minimum absolute atomic E-state index is 0.197. The van der Waals surface area contributed by atoms with E-state index in [0.717, 1.165) is 54.3 Å². The van der Waals surface area contributed by atoms with Gasteiger partial charge in [0.1, 0.15) is 6.10 Å². The third-order valence-corrected chi connectivity index (χ3v) is 7.44. The number of aromatic nitrogens is 3. The van der Waals surface area contributed by atoms with Gasteiger partial charge in [-0.3, -0.25) is 9.69 Å². The molecule has 2 fully saturated rings. The van der Waals surface area contributed by atoms with E-state index < -0.39 is 6.10 Å². The average Bonchev–Trinajstić information content (AvgIpc) is 3.31. The van der Waals surface area contributed by atoms with Gasteiger partial charge in [-0.2, -0.15) is 0 Å². The van der Waals surface area contributed by atoms with Crippen LogP contribution in [-0.4, -0.2) is 101 Å². The lowest BCUT2D eigenvalue weighted by Gasteiger charge is -2.35. The number of hydrogen-bond donors (Lipinski definition) is 1. The number of nitrogens with zero attached hydrogens (tertiary/aromatic N) is 6. The summed E-state index contributed by atoms with van der Waals surface area (Å²) in [6.07, 6.45) is 0.793. The molecule has 1 atom stereocenters. The molecule has 186 valence electrons. The van der Waals surface area contributed by atoms with E-state index in [0.29, 0.717) is 38.0 Å². The molecule has 2 saturated heterocycles. The van der Waals surface area contributed by atoms with Crippen molar-refractivity contribution in [2.75, 3.05) is 64.5 Å². The van der Waals surface area contributed by atoms with Crippen LogP contribution < -0.4 is 9.64 Å². The van der Waals surface area contributed by atoms with Gasteiger partial charge in [0, 0.05) is 68.5 Å². The summed E-state index contributed by atoms with van der Waals surface area (Å²) in [5, 5.41) is 9.58. The maximum atomic E-state index is 12.1. The van der Waals surface area contributed by atoms with Crippen LogP contribution in [0.15, 0.2) is 24.4 Å². The van der Waals surface area contributed by atoms with Crippen molar-refractivity contribution in [1.82, 2.24) is 24.8 Å². The van der Waals surface area contributed by atoms with Gasteiger partial charge in [-0.1, -0.05) is 0 Å². The lowest BCUT2D eigenvalue weighted by molar-refractivity contribution is -0.141. The number of carbonyl (C=O) groups is 1. The first-order chi connectivity index (χ1) is 17.0. The maximum Gasteiger partial charge on any atom is 0.251 e. The normalized spacial score (nSPS) is 18.1. The molecule has 1 amide bonds. The number of piperazine rings is 1. The number of aliphatic hydroxyl groups is 1. The van der Waals surface area contributed by atoms with Crippen LogP contribution in [0.5, 0.6) is 5.88 Å². The standard InChI is InChI=1S/C24H30N6O4S/c1-16(31)24(32)30-7-5-28(6-8-30)15-18-13-19-21(35-18)23(29-9-11-34-12-10-29)27-22(26-19)17-3-4-20(33-2)25-14-17/h3-4,13-14,16,31H,5-12,15H2,1-2H3. The van der Waals surface area contributed by atoms with E-state index in [4.69, 9.17) is 19.4 Å². The highest BCUT2D eigenvalue weighted by molar-refractivity contribution is 7.19. The van der Waals surface area contributed by atoms with Gasteiger partial charge in [-0.25, -0.2) is 15.0 Å². The number of pyridine rings is 1. The average molecular weight is 499 g/mol. The molecule has 0 radical (unpaired) electrons. The van der Waals surface area contributed by atoms with E-state index in [-0.39, 0.29) is 5.91 Å². The molecule has 3 aromatic rings. The Labute approximate surface area is 208 Å². The predicted octanol–water partition coefficient (Wildman–Crippen LogP) is 1.62. The monoisotopic (exact) mass is 498 g/mol. The summed E-state index contributed by atoms with van der Waals surface area (Å²) >= 11 is 1.73. The number of anilines is 1. The van der Waals surface area contributed by atoms with Crippen LogP contribution in [0.1, 0.15) is 11.8 Å². The fourth-order valence-electron chi connectivity index (χ4n) is 4.41. The van der Waals surface area contributed by atoms with Crippen LogP contribution >= 0.6 is 11.3 Å². The molecule has 3 aromatic heterocycles. The number of fused-ring (bicyclic) bond motifs is 1. The van der Waals surface area contributed by atoms with Gasteiger partial charge in [0.15, 0.2) is 11.6 Å². The van der Waals surface area contributed by atoms with Crippen molar-refractivity contribution in [1.29, 1.82) is 0 Å². The first-order valence-electron chi connectivity index (χ1n) is 11.8. The fourth-order valence-corrected chi connectivity index (χ4v) is 5.56. The van der Waals surface area contributed by atoms with Crippen molar-refractivity contribution in [3.8, 4) is 17.3 Å². The van der Waals surface area contributed by atoms with Crippen LogP contribution in [0.3, 0.4) is 0 Å². The zero-order chi connectivity index (χ0) is 24.4. The quantitative estimate of drug-likeness (QED) is 0.543. The summed E-state index contributed by atoms with van der Waals surface area (Å²) in [6.45, 7) is 8.06. The smallest absolute Gasteiger partial charge is 0.251 e. The summed E-state index contributed by atoms with van der Waals surface area (Å²) in [7, 11) is 1.60. The number of carbonyl (C=O) groups excluding carboxylic acids is 1. The van der Waals surface area contributed by atoms with Gasteiger partial charge in [-0.05, 0) is 19.1 Å². The topological polar surface area (TPSA) is 104 Å². The summed E-state index contributed by atoms with van der Waals surface area (Å²) in [6, 6.07) is 5.90. The summed E-state index contributed by atoms with van der Waals surface area (Å²) in [5.41, 5.74) is 1.77. The zero-order valence-electron chi connectivity index (χ0n) is 20.0. The van der Waals surface area contributed by atoms with Gasteiger partial charge >= 0.3 is 0 Å². The van der Waals surface area contributed by atoms with Crippen molar-refractivity contribution >= 4 is 33.3 Å². The van der Waals surface area contributed by atoms with Gasteiger partial charge in [0.2, 0.25) is 5.88 Å². The van der Waals surface area contributed by atoms with E-state index in [1.165, 1.54) is 11.8 Å². The number of amides is 1. The number of thiophene rings is 1.